The molecule has 6 aliphatic carbocycles. The number of Topliss-reactive ketones (excluding diaryl/α,β-unsaturated/α-hetero) is 2. The fraction of sp³-hybridized carbons (Fsp3) is 0.452. The minimum absolute atomic E-state index is 0.0420. The van der Waals surface area contributed by atoms with Crippen molar-refractivity contribution in [3.8, 4) is 0 Å². The van der Waals surface area contributed by atoms with Crippen LogP contribution in [0.15, 0.2) is 109 Å². The molecule has 2 amide bonds. The third-order valence-electron chi connectivity index (χ3n) is 18.6. The molecule has 0 aliphatic heterocycles. The van der Waals surface area contributed by atoms with Gasteiger partial charge in [-0.15, -0.1) is 0 Å². The number of hydrogen-bond donors (Lipinski definition) is 2. The molecule has 8 nitrogen and oxygen atoms in total. The van der Waals surface area contributed by atoms with E-state index in [1.165, 1.54) is 46.2 Å². The molecule has 8 atom stereocenters. The third-order valence-corrected chi connectivity index (χ3v) is 18.6. The lowest BCUT2D eigenvalue weighted by atomic mass is 9.55. The summed E-state index contributed by atoms with van der Waals surface area (Å²) in [6, 6.07) is 33.7. The number of ketones is 2. The molecule has 6 aromatic rings. The second-order valence-electron chi connectivity index (χ2n) is 22.3. The Morgan fingerprint density at radius 2 is 0.986 bits per heavy atom. The molecule has 2 heterocycles. The lowest BCUT2D eigenvalue weighted by Crippen LogP contribution is -2.42. The van der Waals surface area contributed by atoms with Crippen molar-refractivity contribution in [3.63, 3.8) is 0 Å². The molecule has 0 unspecified atom stereocenters. The maximum absolute atomic E-state index is 12.6. The fourth-order valence-corrected chi connectivity index (χ4v) is 14.9. The van der Waals surface area contributed by atoms with Gasteiger partial charge in [0.1, 0.15) is 11.6 Å². The number of fused-ring (bicyclic) bond motifs is 12. The van der Waals surface area contributed by atoms with Gasteiger partial charge in [-0.1, -0.05) is 86.6 Å². The molecule has 4 fully saturated rings. The van der Waals surface area contributed by atoms with Crippen molar-refractivity contribution >= 4 is 56.6 Å². The Morgan fingerprint density at radius 3 is 1.44 bits per heavy atom. The quantitative estimate of drug-likeness (QED) is 0.141. The standard InChI is InChI=1S/2C31H34N2O2/c2*1-31-17-16-24-23-12-10-20(19-22(23)11-13-25(24)26(31)14-15-28(31)34)5-2-9-29(35)33-27-8-3-6-21-7-4-18-32-30(21)27/h2*3-4,6-8,10,12,18-19,24-26H,2,5,9,11,13-17H2,1H3,(H,33,35)/t2*24-,25-,26+,31+/m11/s1. The molecular formula is C62H68N4O4. The van der Waals surface area contributed by atoms with Gasteiger partial charge < -0.3 is 10.6 Å². The summed E-state index contributed by atoms with van der Waals surface area (Å²) < 4.78 is 0. The number of aromatic nitrogens is 2. The summed E-state index contributed by atoms with van der Waals surface area (Å²) in [7, 11) is 0. The van der Waals surface area contributed by atoms with E-state index < -0.39 is 0 Å². The highest BCUT2D eigenvalue weighted by atomic mass is 16.2. The molecular weight excluding hydrogens is 865 g/mol. The van der Waals surface area contributed by atoms with Gasteiger partial charge in [-0.2, -0.15) is 0 Å². The number of rotatable bonds is 10. The monoisotopic (exact) mass is 933 g/mol. The number of pyridine rings is 2. The van der Waals surface area contributed by atoms with E-state index in [1.807, 2.05) is 60.7 Å². The molecule has 4 aromatic carbocycles. The molecule has 6 aliphatic rings. The topological polar surface area (TPSA) is 118 Å². The van der Waals surface area contributed by atoms with E-state index in [0.29, 0.717) is 59.9 Å². The number of aryl methyl sites for hydroxylation is 4. The second kappa shape index (κ2) is 19.3. The molecule has 0 bridgehead atoms. The average molecular weight is 933 g/mol. The highest BCUT2D eigenvalue weighted by Crippen LogP contribution is 2.61. The van der Waals surface area contributed by atoms with E-state index in [0.717, 1.165) is 123 Å². The minimum Gasteiger partial charge on any atom is -0.324 e. The van der Waals surface area contributed by atoms with Crippen LogP contribution >= 0.6 is 0 Å². The van der Waals surface area contributed by atoms with Crippen LogP contribution in [0.3, 0.4) is 0 Å². The van der Waals surface area contributed by atoms with Gasteiger partial charge in [0.25, 0.3) is 0 Å². The predicted molar refractivity (Wildman–Crippen MR) is 279 cm³/mol. The van der Waals surface area contributed by atoms with Gasteiger partial charge in [-0.05, 0) is 183 Å². The summed E-state index contributed by atoms with van der Waals surface area (Å²) >= 11 is 0. The Morgan fingerprint density at radius 1 is 0.543 bits per heavy atom. The van der Waals surface area contributed by atoms with E-state index in [1.54, 1.807) is 12.4 Å². The first-order chi connectivity index (χ1) is 34.1. The molecule has 360 valence electrons. The van der Waals surface area contributed by atoms with E-state index in [9.17, 15) is 19.2 Å². The van der Waals surface area contributed by atoms with Gasteiger partial charge >= 0.3 is 0 Å². The normalized spacial score (nSPS) is 27.2. The first-order valence-corrected chi connectivity index (χ1v) is 26.6. The zero-order chi connectivity index (χ0) is 48.0. The van der Waals surface area contributed by atoms with Crippen LogP contribution in [0, 0.1) is 34.5 Å². The molecule has 0 spiro atoms. The van der Waals surface area contributed by atoms with Crippen molar-refractivity contribution in [1.29, 1.82) is 0 Å². The van der Waals surface area contributed by atoms with Crippen molar-refractivity contribution in [2.24, 2.45) is 34.5 Å². The highest BCUT2D eigenvalue weighted by molar-refractivity contribution is 6.01. The summed E-state index contributed by atoms with van der Waals surface area (Å²) in [6.45, 7) is 4.49. The number of anilines is 2. The van der Waals surface area contributed by atoms with Crippen molar-refractivity contribution in [2.45, 2.75) is 141 Å². The van der Waals surface area contributed by atoms with Crippen molar-refractivity contribution in [3.05, 3.63) is 143 Å². The van der Waals surface area contributed by atoms with Crippen LogP contribution in [0.25, 0.3) is 21.8 Å². The summed E-state index contributed by atoms with van der Waals surface area (Å²) in [6.07, 6.45) is 20.9. The number of amides is 2. The van der Waals surface area contributed by atoms with E-state index in [-0.39, 0.29) is 22.6 Å². The van der Waals surface area contributed by atoms with Crippen LogP contribution in [0.5, 0.6) is 0 Å². The smallest absolute Gasteiger partial charge is 0.224 e. The van der Waals surface area contributed by atoms with Crippen LogP contribution in [0.4, 0.5) is 11.4 Å². The Hall–Kier alpha value is -6.02. The molecule has 0 saturated heterocycles. The predicted octanol–water partition coefficient (Wildman–Crippen LogP) is 13.2. The van der Waals surface area contributed by atoms with Crippen molar-refractivity contribution in [2.75, 3.05) is 10.6 Å². The lowest BCUT2D eigenvalue weighted by molar-refractivity contribution is -0.130. The maximum Gasteiger partial charge on any atom is 0.224 e. The summed E-state index contributed by atoms with van der Waals surface area (Å²) in [5, 5.41) is 8.16. The van der Waals surface area contributed by atoms with Gasteiger partial charge in [0.05, 0.1) is 22.4 Å². The Kier molecular flexibility index (Phi) is 12.8. The molecule has 70 heavy (non-hydrogen) atoms. The number of carbonyl (C=O) groups excluding carboxylic acids is 4. The number of benzene rings is 4. The first-order valence-electron chi connectivity index (χ1n) is 26.6. The molecule has 8 heteroatoms. The molecule has 2 aromatic heterocycles. The van der Waals surface area contributed by atoms with Crippen LogP contribution in [-0.4, -0.2) is 33.3 Å². The summed E-state index contributed by atoms with van der Waals surface area (Å²) in [5.74, 6) is 4.87. The summed E-state index contributed by atoms with van der Waals surface area (Å²) in [5.41, 5.74) is 11.9. The zero-order valence-electron chi connectivity index (χ0n) is 41.1. The van der Waals surface area contributed by atoms with Gasteiger partial charge in [-0.3, -0.25) is 29.1 Å². The van der Waals surface area contributed by atoms with Crippen LogP contribution in [-0.2, 0) is 44.9 Å². The number of carbonyl (C=O) groups is 4. The largest absolute Gasteiger partial charge is 0.324 e. The molecule has 0 radical (unpaired) electrons. The maximum atomic E-state index is 12.6. The van der Waals surface area contributed by atoms with Crippen LogP contribution in [0.1, 0.15) is 149 Å². The zero-order valence-corrected chi connectivity index (χ0v) is 41.1. The fourth-order valence-electron chi connectivity index (χ4n) is 14.9. The van der Waals surface area contributed by atoms with E-state index in [4.69, 9.17) is 0 Å². The minimum atomic E-state index is -0.0543. The van der Waals surface area contributed by atoms with Crippen molar-refractivity contribution in [1.82, 2.24) is 9.97 Å². The molecule has 12 rings (SSSR count). The Labute approximate surface area is 413 Å². The van der Waals surface area contributed by atoms with Gasteiger partial charge in [0.15, 0.2) is 0 Å². The van der Waals surface area contributed by atoms with E-state index in [2.05, 4.69) is 70.8 Å². The van der Waals surface area contributed by atoms with Crippen LogP contribution in [0.2, 0.25) is 0 Å². The SMILES string of the molecule is C[C@]12CC[C@@H]3c4ccc(CCCC(=O)Nc5cccc6cccnc56)cc4CC[C@H]3[C@@H]1CCC2=O.C[C@]12CC[C@@H]3c4ccc(CCCC(=O)Nc5cccc6cccnc56)cc4CC[C@H]3[C@@H]1CCC2=O. The molecule has 4 saturated carbocycles. The first kappa shape index (κ1) is 46.4. The highest BCUT2D eigenvalue weighted by Gasteiger charge is 2.55. The number of para-hydroxylation sites is 2. The van der Waals surface area contributed by atoms with Gasteiger partial charge in [0, 0.05) is 59.7 Å². The number of nitrogens with one attached hydrogen (secondary N) is 2. The van der Waals surface area contributed by atoms with Crippen LogP contribution < -0.4 is 10.6 Å². The third kappa shape index (κ3) is 8.78. The van der Waals surface area contributed by atoms with E-state index >= 15 is 0 Å². The average Bonchev–Trinajstić information content (AvgIpc) is 3.86. The Balaban J connectivity index is 0.000000152. The summed E-state index contributed by atoms with van der Waals surface area (Å²) in [4.78, 5) is 59.2. The van der Waals surface area contributed by atoms with Gasteiger partial charge in [-0.25, -0.2) is 0 Å². The van der Waals surface area contributed by atoms with Crippen molar-refractivity contribution < 1.29 is 19.2 Å². The lowest BCUT2D eigenvalue weighted by Gasteiger charge is -2.48. The number of hydrogen-bond acceptors (Lipinski definition) is 6. The Bertz CT molecular complexity index is 2790. The van der Waals surface area contributed by atoms with Gasteiger partial charge in [0.2, 0.25) is 11.8 Å². The molecule has 2 N–H and O–H groups in total. The number of nitrogens with zero attached hydrogens (tertiary/aromatic N) is 2. The second-order valence-corrected chi connectivity index (χ2v) is 22.3.